The molecule has 4 rings (SSSR count). The van der Waals surface area contributed by atoms with E-state index in [9.17, 15) is 0 Å². The molecule has 0 N–H and O–H groups in total. The molecule has 0 aliphatic carbocycles. The Labute approximate surface area is 231 Å². The number of rotatable bonds is 11. The summed E-state index contributed by atoms with van der Waals surface area (Å²) in [6.45, 7) is 9.45. The highest BCUT2D eigenvalue weighted by Crippen LogP contribution is 2.56. The highest BCUT2D eigenvalue weighted by molar-refractivity contribution is 7.75. The van der Waals surface area contributed by atoms with Crippen molar-refractivity contribution >= 4 is 37.1 Å². The Morgan fingerprint density at radius 1 is 0.421 bits per heavy atom. The molecule has 0 amide bonds. The Kier molecular flexibility index (Phi) is 9.56. The van der Waals surface area contributed by atoms with Crippen LogP contribution in [0.25, 0.3) is 0 Å². The van der Waals surface area contributed by atoms with E-state index < -0.39 is 15.8 Å². The van der Waals surface area contributed by atoms with Crippen molar-refractivity contribution in [1.29, 1.82) is 0 Å². The smallest absolute Gasteiger partial charge is 0.0937 e. The second-order valence-corrected chi connectivity index (χ2v) is 16.3. The predicted octanol–water partition coefficient (Wildman–Crippen LogP) is 6.84. The monoisotopic (exact) mass is 542 g/mol. The number of hydrogen-bond donors (Lipinski definition) is 0. The molecule has 2 atom stereocenters. The van der Waals surface area contributed by atoms with E-state index in [2.05, 4.69) is 149 Å². The van der Waals surface area contributed by atoms with Crippen molar-refractivity contribution in [3.8, 4) is 0 Å². The van der Waals surface area contributed by atoms with Crippen LogP contribution in [0.15, 0.2) is 121 Å². The van der Waals surface area contributed by atoms with Crippen molar-refractivity contribution in [2.24, 2.45) is 0 Å². The third kappa shape index (κ3) is 5.95. The second kappa shape index (κ2) is 12.7. The van der Waals surface area contributed by atoms with Gasteiger partial charge in [-0.15, -0.1) is 0 Å². The molecule has 38 heavy (non-hydrogen) atoms. The van der Waals surface area contributed by atoms with E-state index in [0.717, 1.165) is 0 Å². The summed E-state index contributed by atoms with van der Waals surface area (Å²) in [7, 11) is 2.20. The molecular weight excluding hydrogens is 502 g/mol. The van der Waals surface area contributed by atoms with Crippen LogP contribution in [-0.2, 0) is 9.47 Å². The highest BCUT2D eigenvalue weighted by Gasteiger charge is 2.51. The molecule has 0 fully saturated rings. The minimum Gasteiger partial charge on any atom is -0.378 e. The minimum absolute atomic E-state index is 0.147. The molecule has 4 aromatic carbocycles. The molecule has 0 aliphatic rings. The first-order chi connectivity index (χ1) is 18.3. The fourth-order valence-corrected chi connectivity index (χ4v) is 11.9. The fraction of sp³-hybridized carbons (Fsp3) is 0.294. The first kappa shape index (κ1) is 28.7. The molecule has 2 nitrogen and oxygen atoms in total. The zero-order valence-electron chi connectivity index (χ0n) is 23.4. The van der Waals surface area contributed by atoms with Gasteiger partial charge in [0.25, 0.3) is 0 Å². The Morgan fingerprint density at radius 2 is 0.632 bits per heavy atom. The maximum absolute atomic E-state index is 6.50. The quantitative estimate of drug-likeness (QED) is 0.193. The van der Waals surface area contributed by atoms with E-state index in [1.165, 1.54) is 21.2 Å². The van der Waals surface area contributed by atoms with Gasteiger partial charge in [0.05, 0.1) is 12.2 Å². The SMILES string of the molecule is COC([C@H](OC)C(C)(C)P(c1ccccc1)c1ccccc1)C(C)(C)P(c1ccccc1)c1ccccc1. The van der Waals surface area contributed by atoms with Gasteiger partial charge in [-0.05, 0) is 37.1 Å². The maximum Gasteiger partial charge on any atom is 0.0937 e. The first-order valence-electron chi connectivity index (χ1n) is 13.2. The summed E-state index contributed by atoms with van der Waals surface area (Å²) in [6.07, 6.45) is -0.294. The van der Waals surface area contributed by atoms with Gasteiger partial charge in [-0.3, -0.25) is 0 Å². The Bertz CT molecular complexity index is 1060. The van der Waals surface area contributed by atoms with Crippen molar-refractivity contribution < 1.29 is 9.47 Å². The third-order valence-electron chi connectivity index (χ3n) is 7.39. The molecule has 198 valence electrons. The van der Waals surface area contributed by atoms with Crippen LogP contribution in [0.1, 0.15) is 27.7 Å². The Hall–Kier alpha value is -2.34. The van der Waals surface area contributed by atoms with Gasteiger partial charge in [-0.1, -0.05) is 149 Å². The highest BCUT2D eigenvalue weighted by atomic mass is 31.1. The Morgan fingerprint density at radius 3 is 0.816 bits per heavy atom. The summed E-state index contributed by atoms with van der Waals surface area (Å²) >= 11 is 0. The lowest BCUT2D eigenvalue weighted by Crippen LogP contribution is -2.56. The Balaban J connectivity index is 1.83. The number of benzene rings is 4. The van der Waals surface area contributed by atoms with Gasteiger partial charge in [0, 0.05) is 24.5 Å². The van der Waals surface area contributed by atoms with Crippen molar-refractivity contribution in [2.75, 3.05) is 14.2 Å². The standard InChI is InChI=1S/C34H40O2P2/c1-33(2,37(27-19-11-7-12-20-27)28-21-13-8-14-22-28)31(35-5)32(36-6)34(3,4)38(29-23-15-9-16-24-29)30-25-17-10-18-26-30/h7-26,31-32H,1-6H3/t31-,32?/m0/s1. The van der Waals surface area contributed by atoms with Crippen molar-refractivity contribution in [2.45, 2.75) is 50.2 Å². The summed E-state index contributed by atoms with van der Waals surface area (Å²) in [5, 5.41) is 4.95. The lowest BCUT2D eigenvalue weighted by molar-refractivity contribution is -0.0636. The number of hydrogen-bond acceptors (Lipinski definition) is 2. The fourth-order valence-electron chi connectivity index (χ4n) is 5.76. The van der Waals surface area contributed by atoms with Crippen LogP contribution in [0.5, 0.6) is 0 Å². The third-order valence-corrected chi connectivity index (χ3v) is 13.5. The minimum atomic E-state index is -0.750. The lowest BCUT2D eigenvalue weighted by atomic mass is 9.92. The lowest BCUT2D eigenvalue weighted by Gasteiger charge is -2.50. The molecule has 0 bridgehead atoms. The van der Waals surface area contributed by atoms with E-state index >= 15 is 0 Å². The van der Waals surface area contributed by atoms with E-state index in [0.29, 0.717) is 0 Å². The summed E-state index contributed by atoms with van der Waals surface area (Å²) < 4.78 is 13.0. The molecule has 0 saturated carbocycles. The van der Waals surface area contributed by atoms with Crippen molar-refractivity contribution in [3.05, 3.63) is 121 Å². The molecule has 0 radical (unpaired) electrons. The molecule has 0 aliphatic heterocycles. The molecule has 4 aromatic rings. The molecular formula is C34H40O2P2. The molecule has 0 saturated heterocycles. The summed E-state index contributed by atoms with van der Waals surface area (Å²) in [5.41, 5.74) is 0. The van der Waals surface area contributed by atoms with Gasteiger partial charge in [0.2, 0.25) is 0 Å². The van der Waals surface area contributed by atoms with Crippen LogP contribution in [0.2, 0.25) is 0 Å². The topological polar surface area (TPSA) is 18.5 Å². The van der Waals surface area contributed by atoms with Crippen LogP contribution >= 0.6 is 15.8 Å². The summed E-state index contributed by atoms with van der Waals surface area (Å²) in [5.74, 6) is 0. The summed E-state index contributed by atoms with van der Waals surface area (Å²) in [4.78, 5) is 0. The van der Waals surface area contributed by atoms with Crippen molar-refractivity contribution in [3.63, 3.8) is 0 Å². The normalized spacial score (nSPS) is 14.0. The predicted molar refractivity (Wildman–Crippen MR) is 168 cm³/mol. The van der Waals surface area contributed by atoms with Crippen LogP contribution in [0.3, 0.4) is 0 Å². The second-order valence-electron chi connectivity index (χ2n) is 10.6. The van der Waals surface area contributed by atoms with Gasteiger partial charge in [-0.2, -0.15) is 0 Å². The van der Waals surface area contributed by atoms with Crippen LogP contribution in [0, 0.1) is 0 Å². The van der Waals surface area contributed by atoms with Gasteiger partial charge in [0.1, 0.15) is 0 Å². The number of methoxy groups -OCH3 is 2. The largest absolute Gasteiger partial charge is 0.378 e. The molecule has 1 unspecified atom stereocenters. The van der Waals surface area contributed by atoms with Crippen LogP contribution in [0.4, 0.5) is 0 Å². The maximum atomic E-state index is 6.50. The average Bonchev–Trinajstić information content (AvgIpc) is 2.93. The van der Waals surface area contributed by atoms with E-state index in [4.69, 9.17) is 9.47 Å². The number of ether oxygens (including phenoxy) is 2. The molecule has 4 heteroatoms. The molecule has 0 aromatic heterocycles. The average molecular weight is 543 g/mol. The molecule has 0 heterocycles. The van der Waals surface area contributed by atoms with Gasteiger partial charge in [0.15, 0.2) is 0 Å². The van der Waals surface area contributed by atoms with E-state index in [1.807, 2.05) is 14.2 Å². The zero-order valence-corrected chi connectivity index (χ0v) is 25.2. The summed E-state index contributed by atoms with van der Waals surface area (Å²) in [6, 6.07) is 43.7. The van der Waals surface area contributed by atoms with Crippen LogP contribution < -0.4 is 21.2 Å². The van der Waals surface area contributed by atoms with Crippen LogP contribution in [-0.4, -0.2) is 36.7 Å². The van der Waals surface area contributed by atoms with Gasteiger partial charge < -0.3 is 9.47 Å². The van der Waals surface area contributed by atoms with E-state index in [-0.39, 0.29) is 22.5 Å². The first-order valence-corrected chi connectivity index (χ1v) is 15.9. The van der Waals surface area contributed by atoms with Gasteiger partial charge >= 0.3 is 0 Å². The molecule has 0 spiro atoms. The van der Waals surface area contributed by atoms with E-state index in [1.54, 1.807) is 0 Å². The zero-order chi connectivity index (χ0) is 27.2. The van der Waals surface area contributed by atoms with Crippen molar-refractivity contribution in [1.82, 2.24) is 0 Å². The van der Waals surface area contributed by atoms with Gasteiger partial charge in [-0.25, -0.2) is 0 Å².